The number of hydrogen-bond acceptors (Lipinski definition) is 5. The number of aliphatic hydroxyl groups excluding tert-OH is 1. The molecule has 0 radical (unpaired) electrons. The molecular formula is C23H36O5. The molecule has 1 fully saturated rings. The van der Waals surface area contributed by atoms with E-state index in [1.807, 2.05) is 13.0 Å². The summed E-state index contributed by atoms with van der Waals surface area (Å²) >= 11 is 0. The van der Waals surface area contributed by atoms with Crippen molar-refractivity contribution >= 4 is 11.9 Å². The van der Waals surface area contributed by atoms with Gasteiger partial charge in [0.1, 0.15) is 6.10 Å². The number of methoxy groups -OCH3 is 1. The van der Waals surface area contributed by atoms with Gasteiger partial charge in [-0.05, 0) is 62.2 Å². The summed E-state index contributed by atoms with van der Waals surface area (Å²) in [5.74, 6) is -0.166. The van der Waals surface area contributed by atoms with Crippen LogP contribution in [0.4, 0.5) is 0 Å². The van der Waals surface area contributed by atoms with Crippen LogP contribution in [-0.4, -0.2) is 36.4 Å². The summed E-state index contributed by atoms with van der Waals surface area (Å²) in [5.41, 5.74) is 1.88. The maximum atomic E-state index is 11.7. The molecule has 158 valence electrons. The first-order chi connectivity index (χ1) is 12.9. The van der Waals surface area contributed by atoms with Gasteiger partial charge in [0, 0.05) is 13.0 Å². The fourth-order valence-electron chi connectivity index (χ4n) is 5.52. The minimum absolute atomic E-state index is 0.124. The van der Waals surface area contributed by atoms with Gasteiger partial charge in [-0.15, -0.1) is 0 Å². The van der Waals surface area contributed by atoms with Crippen LogP contribution in [-0.2, 0) is 19.1 Å². The van der Waals surface area contributed by atoms with E-state index in [1.54, 1.807) is 6.08 Å². The summed E-state index contributed by atoms with van der Waals surface area (Å²) in [5, 5.41) is 10.5. The van der Waals surface area contributed by atoms with Crippen molar-refractivity contribution in [2.24, 2.45) is 22.7 Å². The minimum atomic E-state index is -0.443. The van der Waals surface area contributed by atoms with Crippen molar-refractivity contribution in [3.63, 3.8) is 0 Å². The maximum absolute atomic E-state index is 11.7. The Morgan fingerprint density at radius 2 is 1.96 bits per heavy atom. The van der Waals surface area contributed by atoms with E-state index in [9.17, 15) is 14.7 Å². The third-order valence-electron chi connectivity index (χ3n) is 7.55. The predicted octanol–water partition coefficient (Wildman–Crippen LogP) is 4.20. The van der Waals surface area contributed by atoms with E-state index >= 15 is 0 Å². The molecule has 0 bridgehead atoms. The first kappa shape index (κ1) is 22.7. The lowest BCUT2D eigenvalue weighted by atomic mass is 9.46. The SMILES string of the molecule is COC(=O)/C=C(\C)CC[C@@]1(C)[C@H](C)[C@H](OC(C)=O)C[C@@]2(C)C(C)=C[C@H](O)C[C@H]12. The maximum Gasteiger partial charge on any atom is 0.330 e. The summed E-state index contributed by atoms with van der Waals surface area (Å²) in [6, 6.07) is 0. The molecule has 1 saturated carbocycles. The van der Waals surface area contributed by atoms with Gasteiger partial charge >= 0.3 is 11.9 Å². The van der Waals surface area contributed by atoms with E-state index in [4.69, 9.17) is 9.47 Å². The molecular weight excluding hydrogens is 356 g/mol. The van der Waals surface area contributed by atoms with Crippen LogP contribution < -0.4 is 0 Å². The monoisotopic (exact) mass is 392 g/mol. The van der Waals surface area contributed by atoms with Crippen molar-refractivity contribution in [2.45, 2.75) is 79.4 Å². The number of esters is 2. The Balaban J connectivity index is 2.39. The van der Waals surface area contributed by atoms with Crippen LogP contribution in [0.25, 0.3) is 0 Å². The number of fused-ring (bicyclic) bond motifs is 1. The number of aliphatic hydroxyl groups is 1. The molecule has 6 atom stereocenters. The zero-order valence-electron chi connectivity index (χ0n) is 18.4. The Bertz CT molecular complexity index is 678. The smallest absolute Gasteiger partial charge is 0.330 e. The van der Waals surface area contributed by atoms with Crippen LogP contribution in [0.2, 0.25) is 0 Å². The van der Waals surface area contributed by atoms with Crippen LogP contribution in [0.1, 0.15) is 67.2 Å². The zero-order chi connectivity index (χ0) is 21.3. The quantitative estimate of drug-likeness (QED) is 0.431. The fourth-order valence-corrected chi connectivity index (χ4v) is 5.52. The largest absolute Gasteiger partial charge is 0.466 e. The molecule has 1 N–H and O–H groups in total. The average Bonchev–Trinajstić information content (AvgIpc) is 2.60. The molecule has 0 spiro atoms. The lowest BCUT2D eigenvalue weighted by molar-refractivity contribution is -0.172. The Morgan fingerprint density at radius 1 is 1.32 bits per heavy atom. The number of allylic oxidation sites excluding steroid dienone is 2. The molecule has 0 unspecified atom stereocenters. The van der Waals surface area contributed by atoms with E-state index in [1.165, 1.54) is 19.6 Å². The molecule has 2 aliphatic rings. The molecule has 0 aliphatic heterocycles. The van der Waals surface area contributed by atoms with Gasteiger partial charge in [0.25, 0.3) is 0 Å². The van der Waals surface area contributed by atoms with Crippen molar-refractivity contribution in [3.05, 3.63) is 23.3 Å². The van der Waals surface area contributed by atoms with Crippen molar-refractivity contribution in [3.8, 4) is 0 Å². The third-order valence-corrected chi connectivity index (χ3v) is 7.55. The third kappa shape index (κ3) is 4.35. The standard InChI is InChI=1S/C23H36O5/c1-14(10-21(26)27-7)8-9-22(5)16(3)19(28-17(4)24)13-23(6)15(2)11-18(25)12-20(22)23/h10-11,16,18-20,25H,8-9,12-13H2,1-7H3/b14-10+/t16-,18+,19-,20-,22+,23+/m1/s1. The van der Waals surface area contributed by atoms with Crippen molar-refractivity contribution in [2.75, 3.05) is 7.11 Å². The lowest BCUT2D eigenvalue weighted by Crippen LogP contribution is -2.57. The minimum Gasteiger partial charge on any atom is -0.466 e. The molecule has 5 nitrogen and oxygen atoms in total. The van der Waals surface area contributed by atoms with Crippen LogP contribution in [0, 0.1) is 22.7 Å². The van der Waals surface area contributed by atoms with Gasteiger partial charge in [0.15, 0.2) is 0 Å². The van der Waals surface area contributed by atoms with Crippen LogP contribution in [0.15, 0.2) is 23.3 Å². The topological polar surface area (TPSA) is 72.8 Å². The number of carbonyl (C=O) groups is 2. The molecule has 28 heavy (non-hydrogen) atoms. The van der Waals surface area contributed by atoms with Crippen LogP contribution in [0.3, 0.4) is 0 Å². The molecule has 0 aromatic rings. The zero-order valence-corrected chi connectivity index (χ0v) is 18.4. The summed E-state index contributed by atoms with van der Waals surface area (Å²) in [4.78, 5) is 23.3. The highest BCUT2D eigenvalue weighted by Crippen LogP contribution is 2.62. The van der Waals surface area contributed by atoms with Crippen molar-refractivity contribution < 1.29 is 24.2 Å². The molecule has 2 aliphatic carbocycles. The van der Waals surface area contributed by atoms with Gasteiger partial charge in [-0.2, -0.15) is 0 Å². The van der Waals surface area contributed by atoms with Gasteiger partial charge < -0.3 is 14.6 Å². The predicted molar refractivity (Wildman–Crippen MR) is 108 cm³/mol. The molecule has 0 saturated heterocycles. The van der Waals surface area contributed by atoms with Gasteiger partial charge in [0.2, 0.25) is 0 Å². The highest BCUT2D eigenvalue weighted by atomic mass is 16.5. The summed E-state index contributed by atoms with van der Waals surface area (Å²) in [7, 11) is 1.38. The van der Waals surface area contributed by atoms with E-state index in [2.05, 4.69) is 27.7 Å². The number of ether oxygens (including phenoxy) is 2. The van der Waals surface area contributed by atoms with Gasteiger partial charge in [-0.25, -0.2) is 4.79 Å². The molecule has 0 amide bonds. The van der Waals surface area contributed by atoms with Crippen molar-refractivity contribution in [1.29, 1.82) is 0 Å². The Hall–Kier alpha value is -1.62. The van der Waals surface area contributed by atoms with Crippen LogP contribution in [0.5, 0.6) is 0 Å². The molecule has 2 rings (SSSR count). The number of carbonyl (C=O) groups excluding carboxylic acids is 2. The Kier molecular flexibility index (Phi) is 6.80. The van der Waals surface area contributed by atoms with Crippen LogP contribution >= 0.6 is 0 Å². The summed E-state index contributed by atoms with van der Waals surface area (Å²) in [6.07, 6.45) is 6.00. The number of rotatable bonds is 5. The highest BCUT2D eigenvalue weighted by Gasteiger charge is 2.58. The lowest BCUT2D eigenvalue weighted by Gasteiger charge is -2.60. The second-order valence-electron chi connectivity index (χ2n) is 9.28. The Morgan fingerprint density at radius 3 is 2.54 bits per heavy atom. The Labute approximate surface area is 169 Å². The van der Waals surface area contributed by atoms with Gasteiger partial charge in [0.05, 0.1) is 13.2 Å². The van der Waals surface area contributed by atoms with Gasteiger partial charge in [-0.1, -0.05) is 38.0 Å². The van der Waals surface area contributed by atoms with E-state index in [0.717, 1.165) is 24.8 Å². The summed E-state index contributed by atoms with van der Waals surface area (Å²) in [6.45, 7) is 12.2. The molecule has 5 heteroatoms. The first-order valence-electron chi connectivity index (χ1n) is 10.2. The van der Waals surface area contributed by atoms with E-state index < -0.39 is 6.10 Å². The average molecular weight is 393 g/mol. The molecule has 0 aromatic heterocycles. The second-order valence-corrected chi connectivity index (χ2v) is 9.28. The van der Waals surface area contributed by atoms with Gasteiger partial charge in [-0.3, -0.25) is 4.79 Å². The number of hydrogen-bond donors (Lipinski definition) is 1. The molecule has 0 aromatic carbocycles. The second kappa shape index (κ2) is 8.40. The summed E-state index contributed by atoms with van der Waals surface area (Å²) < 4.78 is 10.5. The first-order valence-corrected chi connectivity index (χ1v) is 10.2. The van der Waals surface area contributed by atoms with Crippen molar-refractivity contribution in [1.82, 2.24) is 0 Å². The van der Waals surface area contributed by atoms with E-state index in [0.29, 0.717) is 6.42 Å². The van der Waals surface area contributed by atoms with E-state index in [-0.39, 0.29) is 40.7 Å². The normalized spacial score (nSPS) is 38.3. The fraction of sp³-hybridized carbons (Fsp3) is 0.739. The molecule has 0 heterocycles. The highest BCUT2D eigenvalue weighted by molar-refractivity contribution is 5.82.